The van der Waals surface area contributed by atoms with Crippen LogP contribution in [-0.2, 0) is 4.79 Å². The number of carbonyl (C=O) groups excluding carboxylic acids is 1. The van der Waals surface area contributed by atoms with Crippen molar-refractivity contribution in [1.29, 1.82) is 0 Å². The number of rotatable bonds is 5. The molecule has 0 spiro atoms. The Hall–Kier alpha value is -0.860. The Morgan fingerprint density at radius 3 is 2.26 bits per heavy atom. The molecule has 1 amide bonds. The number of nitrogens with one attached hydrogen (secondary N) is 1. The molecule has 0 aromatic rings. The highest BCUT2D eigenvalue weighted by atomic mass is 19.4. The summed E-state index contributed by atoms with van der Waals surface area (Å²) in [6.45, 7) is 3.63. The maximum atomic E-state index is 11.9. The fourth-order valence-corrected chi connectivity index (χ4v) is 1.96. The molecule has 0 saturated carbocycles. The van der Waals surface area contributed by atoms with Gasteiger partial charge in [-0.15, -0.1) is 0 Å². The van der Waals surface area contributed by atoms with E-state index in [4.69, 9.17) is 0 Å². The highest BCUT2D eigenvalue weighted by Gasteiger charge is 2.28. The van der Waals surface area contributed by atoms with Crippen molar-refractivity contribution in [2.75, 3.05) is 45.8 Å². The molecule has 0 aromatic heterocycles. The first-order chi connectivity index (χ1) is 8.76. The highest BCUT2D eigenvalue weighted by molar-refractivity contribution is 5.78. The summed E-state index contributed by atoms with van der Waals surface area (Å²) in [7, 11) is 0. The van der Waals surface area contributed by atoms with Gasteiger partial charge in [-0.05, 0) is 6.92 Å². The minimum atomic E-state index is -4.37. The first-order valence-electron chi connectivity index (χ1n) is 6.22. The third kappa shape index (κ3) is 7.34. The summed E-state index contributed by atoms with van der Waals surface area (Å²) in [5, 5.41) is 11.1. The number of aliphatic hydroxyl groups is 1. The number of β-amino-alcohol motifs (C(OH)–C–C–N with tert-alkyl or cyclic N) is 1. The molecule has 1 aliphatic rings. The molecule has 1 heterocycles. The Bertz CT molecular complexity index is 289. The van der Waals surface area contributed by atoms with Crippen LogP contribution >= 0.6 is 0 Å². The van der Waals surface area contributed by atoms with Crippen molar-refractivity contribution in [2.45, 2.75) is 19.2 Å². The van der Waals surface area contributed by atoms with Crippen molar-refractivity contribution in [3.8, 4) is 0 Å². The fraction of sp³-hybridized carbons (Fsp3) is 0.909. The number of aliphatic hydroxyl groups excluding tert-OH is 1. The molecule has 0 bridgehead atoms. The van der Waals surface area contributed by atoms with Gasteiger partial charge in [-0.2, -0.15) is 13.2 Å². The normalized spacial score (nSPS) is 20.3. The Balaban J connectivity index is 2.20. The standard InChI is InChI=1S/C11H20F3N3O2/c1-9(18)6-16-2-4-17(5-3-16)7-10(19)15-8-11(12,13)14/h9,18H,2-8H2,1H3,(H,15,19). The smallest absolute Gasteiger partial charge is 0.392 e. The molecule has 0 aliphatic carbocycles. The van der Waals surface area contributed by atoms with Gasteiger partial charge in [0.25, 0.3) is 0 Å². The molecule has 1 saturated heterocycles. The molecule has 2 N–H and O–H groups in total. The maximum absolute atomic E-state index is 11.9. The Morgan fingerprint density at radius 1 is 1.26 bits per heavy atom. The molecule has 0 radical (unpaired) electrons. The number of carbonyl (C=O) groups is 1. The molecule has 1 atom stereocenters. The van der Waals surface area contributed by atoms with E-state index in [0.29, 0.717) is 32.7 Å². The van der Waals surface area contributed by atoms with Gasteiger partial charge >= 0.3 is 6.18 Å². The molecule has 1 aliphatic heterocycles. The van der Waals surface area contributed by atoms with Gasteiger partial charge in [-0.25, -0.2) is 0 Å². The van der Waals surface area contributed by atoms with Gasteiger partial charge in [0.15, 0.2) is 0 Å². The van der Waals surface area contributed by atoms with Gasteiger partial charge in [-0.1, -0.05) is 0 Å². The summed E-state index contributed by atoms with van der Waals surface area (Å²) in [6, 6.07) is 0. The molecule has 0 aromatic carbocycles. The van der Waals surface area contributed by atoms with E-state index in [9.17, 15) is 23.1 Å². The zero-order valence-electron chi connectivity index (χ0n) is 10.9. The van der Waals surface area contributed by atoms with Crippen LogP contribution in [0.25, 0.3) is 0 Å². The van der Waals surface area contributed by atoms with Gasteiger partial charge in [0.05, 0.1) is 12.6 Å². The lowest BCUT2D eigenvalue weighted by Gasteiger charge is -2.34. The molecule has 5 nitrogen and oxygen atoms in total. The first kappa shape index (κ1) is 16.2. The second-order valence-corrected chi connectivity index (χ2v) is 4.82. The predicted octanol–water partition coefficient (Wildman–Crippen LogP) is -0.337. The van der Waals surface area contributed by atoms with E-state index in [1.165, 1.54) is 0 Å². The maximum Gasteiger partial charge on any atom is 0.405 e. The molecule has 19 heavy (non-hydrogen) atoms. The minimum absolute atomic E-state index is 0.0153. The van der Waals surface area contributed by atoms with E-state index in [-0.39, 0.29) is 6.54 Å². The molecule has 1 rings (SSSR count). The lowest BCUT2D eigenvalue weighted by molar-refractivity contribution is -0.139. The summed E-state index contributed by atoms with van der Waals surface area (Å²) in [5.41, 5.74) is 0. The van der Waals surface area contributed by atoms with E-state index in [1.807, 2.05) is 10.2 Å². The van der Waals surface area contributed by atoms with Crippen LogP contribution in [-0.4, -0.2) is 78.9 Å². The quantitative estimate of drug-likeness (QED) is 0.725. The number of amides is 1. The van der Waals surface area contributed by atoms with Crippen molar-refractivity contribution in [3.63, 3.8) is 0 Å². The van der Waals surface area contributed by atoms with E-state index in [2.05, 4.69) is 4.90 Å². The zero-order chi connectivity index (χ0) is 14.5. The van der Waals surface area contributed by atoms with Crippen molar-refractivity contribution < 1.29 is 23.1 Å². The van der Waals surface area contributed by atoms with Crippen LogP contribution in [0.3, 0.4) is 0 Å². The number of piperazine rings is 1. The lowest BCUT2D eigenvalue weighted by Crippen LogP contribution is -2.51. The van der Waals surface area contributed by atoms with E-state index < -0.39 is 24.7 Å². The molecular weight excluding hydrogens is 263 g/mol. The van der Waals surface area contributed by atoms with Crippen molar-refractivity contribution in [1.82, 2.24) is 15.1 Å². The minimum Gasteiger partial charge on any atom is -0.392 e. The van der Waals surface area contributed by atoms with E-state index in [1.54, 1.807) is 6.92 Å². The van der Waals surface area contributed by atoms with E-state index in [0.717, 1.165) is 0 Å². The van der Waals surface area contributed by atoms with Gasteiger partial charge in [0.1, 0.15) is 6.54 Å². The number of hydrogen-bond acceptors (Lipinski definition) is 4. The van der Waals surface area contributed by atoms with Crippen molar-refractivity contribution in [2.24, 2.45) is 0 Å². The average Bonchev–Trinajstić information content (AvgIpc) is 2.28. The zero-order valence-corrected chi connectivity index (χ0v) is 10.9. The fourth-order valence-electron chi connectivity index (χ4n) is 1.96. The predicted molar refractivity (Wildman–Crippen MR) is 63.6 cm³/mol. The van der Waals surface area contributed by atoms with Crippen LogP contribution < -0.4 is 5.32 Å². The molecular formula is C11H20F3N3O2. The lowest BCUT2D eigenvalue weighted by atomic mass is 10.2. The van der Waals surface area contributed by atoms with Crippen molar-refractivity contribution >= 4 is 5.91 Å². The third-order valence-corrected chi connectivity index (χ3v) is 2.84. The van der Waals surface area contributed by atoms with Gasteiger partial charge in [-0.3, -0.25) is 14.6 Å². The monoisotopic (exact) mass is 283 g/mol. The average molecular weight is 283 g/mol. The molecule has 112 valence electrons. The van der Waals surface area contributed by atoms with Gasteiger partial charge < -0.3 is 10.4 Å². The Kier molecular flexibility index (Phi) is 6.02. The Labute approximate surface area is 110 Å². The van der Waals surface area contributed by atoms with Gasteiger partial charge in [0.2, 0.25) is 5.91 Å². The molecule has 1 unspecified atom stereocenters. The highest BCUT2D eigenvalue weighted by Crippen LogP contribution is 2.12. The van der Waals surface area contributed by atoms with Crippen molar-refractivity contribution in [3.05, 3.63) is 0 Å². The largest absolute Gasteiger partial charge is 0.405 e. The topological polar surface area (TPSA) is 55.8 Å². The number of nitrogens with zero attached hydrogens (tertiary/aromatic N) is 2. The number of alkyl halides is 3. The summed E-state index contributed by atoms with van der Waals surface area (Å²) in [6.07, 6.45) is -4.77. The van der Waals surface area contributed by atoms with Crippen LogP contribution in [0.2, 0.25) is 0 Å². The number of hydrogen-bond donors (Lipinski definition) is 2. The summed E-state index contributed by atoms with van der Waals surface area (Å²) in [4.78, 5) is 15.2. The second-order valence-electron chi connectivity index (χ2n) is 4.82. The Morgan fingerprint density at radius 2 is 1.79 bits per heavy atom. The summed E-state index contributed by atoms with van der Waals surface area (Å²) >= 11 is 0. The summed E-state index contributed by atoms with van der Waals surface area (Å²) < 4.78 is 35.7. The summed E-state index contributed by atoms with van der Waals surface area (Å²) in [5.74, 6) is -0.610. The molecule has 1 fully saturated rings. The third-order valence-electron chi connectivity index (χ3n) is 2.84. The van der Waals surface area contributed by atoms with Crippen LogP contribution in [0, 0.1) is 0 Å². The van der Waals surface area contributed by atoms with Crippen LogP contribution in [0.5, 0.6) is 0 Å². The van der Waals surface area contributed by atoms with Crippen LogP contribution in [0.1, 0.15) is 6.92 Å². The van der Waals surface area contributed by atoms with Gasteiger partial charge in [0, 0.05) is 32.7 Å². The SMILES string of the molecule is CC(O)CN1CCN(CC(=O)NCC(F)(F)F)CC1. The first-order valence-corrected chi connectivity index (χ1v) is 6.22. The van der Waals surface area contributed by atoms with Crippen LogP contribution in [0.15, 0.2) is 0 Å². The van der Waals surface area contributed by atoms with Crippen LogP contribution in [0.4, 0.5) is 13.2 Å². The molecule has 8 heteroatoms. The number of halogens is 3. The second kappa shape index (κ2) is 7.06. The van der Waals surface area contributed by atoms with E-state index >= 15 is 0 Å².